The minimum absolute atomic E-state index is 0. The molecule has 0 aliphatic heterocycles. The summed E-state index contributed by atoms with van der Waals surface area (Å²) >= 11 is 6.21. The summed E-state index contributed by atoms with van der Waals surface area (Å²) in [7, 11) is 0. The van der Waals surface area contributed by atoms with E-state index in [1.54, 1.807) is 6.07 Å². The van der Waals surface area contributed by atoms with E-state index in [1.807, 2.05) is 43.3 Å². The fourth-order valence-corrected chi connectivity index (χ4v) is 2.81. The lowest BCUT2D eigenvalue weighted by atomic mass is 10.1. The van der Waals surface area contributed by atoms with Crippen LogP contribution in [0.3, 0.4) is 0 Å². The second-order valence-corrected chi connectivity index (χ2v) is 5.91. The van der Waals surface area contributed by atoms with E-state index >= 15 is 0 Å². The highest BCUT2D eigenvalue weighted by Gasteiger charge is 2.15. The number of carbonyl (C=O) groups excluding carboxylic acids is 1. The first-order chi connectivity index (χ1) is 11.1. The molecule has 0 bridgehead atoms. The van der Waals surface area contributed by atoms with Crippen LogP contribution in [0.1, 0.15) is 35.3 Å². The number of halogens is 2. The summed E-state index contributed by atoms with van der Waals surface area (Å²) < 4.78 is 0. The summed E-state index contributed by atoms with van der Waals surface area (Å²) in [5.74, 6) is -0.121. The number of nitrogens with one attached hydrogen (secondary N) is 1. The molecule has 2 aromatic rings. The molecule has 24 heavy (non-hydrogen) atoms. The maximum Gasteiger partial charge on any atom is 0.256 e. The van der Waals surface area contributed by atoms with Crippen LogP contribution in [0.2, 0.25) is 5.02 Å². The van der Waals surface area contributed by atoms with Crippen molar-refractivity contribution in [3.63, 3.8) is 0 Å². The Kier molecular flexibility index (Phi) is 8.26. The SMILES string of the molecule is CCN(CC)Cc1ccccc1C(=O)Nc1c(C)cccc1Cl.Cl. The molecular weight excluding hydrogens is 343 g/mol. The Morgan fingerprint density at radius 1 is 1.08 bits per heavy atom. The van der Waals surface area contributed by atoms with Crippen LogP contribution in [0.5, 0.6) is 0 Å². The first-order valence-electron chi connectivity index (χ1n) is 7.93. The number of para-hydroxylation sites is 1. The Labute approximate surface area is 155 Å². The second kappa shape index (κ2) is 9.67. The van der Waals surface area contributed by atoms with Crippen LogP contribution in [-0.4, -0.2) is 23.9 Å². The number of benzene rings is 2. The van der Waals surface area contributed by atoms with Gasteiger partial charge in [0, 0.05) is 12.1 Å². The van der Waals surface area contributed by atoms with Gasteiger partial charge < -0.3 is 5.32 Å². The third kappa shape index (κ3) is 4.97. The fourth-order valence-electron chi connectivity index (χ4n) is 2.54. The maximum atomic E-state index is 12.7. The molecular formula is C19H24Cl2N2O. The monoisotopic (exact) mass is 366 g/mol. The van der Waals surface area contributed by atoms with Crippen molar-refractivity contribution < 1.29 is 4.79 Å². The number of amides is 1. The number of hydrogen-bond donors (Lipinski definition) is 1. The Hall–Kier alpha value is -1.55. The van der Waals surface area contributed by atoms with Crippen molar-refractivity contribution in [1.82, 2.24) is 4.90 Å². The number of carbonyl (C=O) groups is 1. The van der Waals surface area contributed by atoms with Crippen LogP contribution in [0.25, 0.3) is 0 Å². The van der Waals surface area contributed by atoms with Gasteiger partial charge in [0.15, 0.2) is 0 Å². The van der Waals surface area contributed by atoms with E-state index in [-0.39, 0.29) is 18.3 Å². The van der Waals surface area contributed by atoms with Gasteiger partial charge >= 0.3 is 0 Å². The topological polar surface area (TPSA) is 32.3 Å². The largest absolute Gasteiger partial charge is 0.320 e. The first-order valence-corrected chi connectivity index (χ1v) is 8.31. The molecule has 3 nitrogen and oxygen atoms in total. The van der Waals surface area contributed by atoms with Crippen molar-refractivity contribution in [3.8, 4) is 0 Å². The molecule has 130 valence electrons. The van der Waals surface area contributed by atoms with E-state index in [1.165, 1.54) is 0 Å². The molecule has 0 spiro atoms. The Bertz CT molecular complexity index is 665. The standard InChI is InChI=1S/C19H23ClN2O.ClH/c1-4-22(5-2)13-15-10-6-7-11-16(15)19(23)21-18-14(3)9-8-12-17(18)20;/h6-12H,4-5,13H2,1-3H3,(H,21,23);1H. The van der Waals surface area contributed by atoms with Gasteiger partial charge in [-0.15, -0.1) is 12.4 Å². The van der Waals surface area contributed by atoms with Crippen LogP contribution in [-0.2, 0) is 6.54 Å². The highest BCUT2D eigenvalue weighted by Crippen LogP contribution is 2.26. The highest BCUT2D eigenvalue weighted by atomic mass is 35.5. The predicted molar refractivity (Wildman–Crippen MR) is 104 cm³/mol. The van der Waals surface area contributed by atoms with Crippen molar-refractivity contribution in [2.75, 3.05) is 18.4 Å². The van der Waals surface area contributed by atoms with Gasteiger partial charge in [0.05, 0.1) is 10.7 Å². The lowest BCUT2D eigenvalue weighted by Gasteiger charge is -2.20. The van der Waals surface area contributed by atoms with Crippen molar-refractivity contribution in [2.45, 2.75) is 27.3 Å². The molecule has 2 aromatic carbocycles. The molecule has 0 heterocycles. The molecule has 0 radical (unpaired) electrons. The van der Waals surface area contributed by atoms with E-state index in [0.717, 1.165) is 30.8 Å². The summed E-state index contributed by atoms with van der Waals surface area (Å²) in [5, 5.41) is 3.51. The maximum absolute atomic E-state index is 12.7. The van der Waals surface area contributed by atoms with Gasteiger partial charge in [-0.05, 0) is 43.3 Å². The summed E-state index contributed by atoms with van der Waals surface area (Å²) in [6, 6.07) is 13.3. The van der Waals surface area contributed by atoms with Gasteiger partial charge in [-0.1, -0.05) is 55.8 Å². The molecule has 0 aliphatic rings. The van der Waals surface area contributed by atoms with Gasteiger partial charge in [0.25, 0.3) is 5.91 Å². The van der Waals surface area contributed by atoms with E-state index in [0.29, 0.717) is 16.3 Å². The lowest BCUT2D eigenvalue weighted by molar-refractivity contribution is 0.102. The van der Waals surface area contributed by atoms with Crippen LogP contribution in [0, 0.1) is 6.92 Å². The summed E-state index contributed by atoms with van der Waals surface area (Å²) in [6.07, 6.45) is 0. The summed E-state index contributed by atoms with van der Waals surface area (Å²) in [4.78, 5) is 15.0. The van der Waals surface area contributed by atoms with E-state index in [2.05, 4.69) is 24.1 Å². The van der Waals surface area contributed by atoms with Crippen LogP contribution >= 0.6 is 24.0 Å². The molecule has 1 N–H and O–H groups in total. The number of anilines is 1. The van der Waals surface area contributed by atoms with Gasteiger partial charge in [0.2, 0.25) is 0 Å². The minimum atomic E-state index is -0.121. The van der Waals surface area contributed by atoms with Gasteiger partial charge in [-0.25, -0.2) is 0 Å². The predicted octanol–water partition coefficient (Wildman–Crippen LogP) is 5.16. The molecule has 0 saturated heterocycles. The van der Waals surface area contributed by atoms with Gasteiger partial charge in [-0.2, -0.15) is 0 Å². The van der Waals surface area contributed by atoms with Crippen LogP contribution in [0.15, 0.2) is 42.5 Å². The zero-order valence-corrected chi connectivity index (χ0v) is 15.9. The summed E-state index contributed by atoms with van der Waals surface area (Å²) in [6.45, 7) is 8.85. The lowest BCUT2D eigenvalue weighted by Crippen LogP contribution is -2.24. The molecule has 1 amide bonds. The molecule has 0 unspecified atom stereocenters. The Morgan fingerprint density at radius 3 is 2.38 bits per heavy atom. The van der Waals surface area contributed by atoms with Crippen molar-refractivity contribution in [2.24, 2.45) is 0 Å². The number of hydrogen-bond acceptors (Lipinski definition) is 2. The Morgan fingerprint density at radius 2 is 1.75 bits per heavy atom. The van der Waals surface area contributed by atoms with E-state index in [9.17, 15) is 4.79 Å². The molecule has 0 fully saturated rings. The molecule has 0 aliphatic carbocycles. The summed E-state index contributed by atoms with van der Waals surface area (Å²) in [5.41, 5.74) is 3.35. The van der Waals surface area contributed by atoms with Crippen molar-refractivity contribution in [1.29, 1.82) is 0 Å². The second-order valence-electron chi connectivity index (χ2n) is 5.50. The molecule has 0 saturated carbocycles. The minimum Gasteiger partial charge on any atom is -0.320 e. The number of rotatable bonds is 6. The van der Waals surface area contributed by atoms with E-state index in [4.69, 9.17) is 11.6 Å². The molecule has 0 aromatic heterocycles. The fraction of sp³-hybridized carbons (Fsp3) is 0.316. The quantitative estimate of drug-likeness (QED) is 0.765. The van der Waals surface area contributed by atoms with Crippen molar-refractivity contribution >= 4 is 35.6 Å². The van der Waals surface area contributed by atoms with Crippen LogP contribution in [0.4, 0.5) is 5.69 Å². The third-order valence-electron chi connectivity index (χ3n) is 4.01. The number of aryl methyl sites for hydroxylation is 1. The van der Waals surface area contributed by atoms with Crippen LogP contribution < -0.4 is 5.32 Å². The average molecular weight is 367 g/mol. The Balaban J connectivity index is 0.00000288. The third-order valence-corrected chi connectivity index (χ3v) is 4.33. The normalized spacial score (nSPS) is 10.4. The zero-order valence-electron chi connectivity index (χ0n) is 14.3. The zero-order chi connectivity index (χ0) is 16.8. The van der Waals surface area contributed by atoms with Gasteiger partial charge in [0.1, 0.15) is 0 Å². The average Bonchev–Trinajstić information content (AvgIpc) is 2.56. The smallest absolute Gasteiger partial charge is 0.256 e. The first kappa shape index (κ1) is 20.5. The van der Waals surface area contributed by atoms with Crippen molar-refractivity contribution in [3.05, 3.63) is 64.2 Å². The number of nitrogens with zero attached hydrogens (tertiary/aromatic N) is 1. The van der Waals surface area contributed by atoms with E-state index < -0.39 is 0 Å². The van der Waals surface area contributed by atoms with Gasteiger partial charge in [-0.3, -0.25) is 9.69 Å². The molecule has 5 heteroatoms. The molecule has 0 atom stereocenters. The highest BCUT2D eigenvalue weighted by molar-refractivity contribution is 6.34. The molecule has 2 rings (SSSR count).